The van der Waals surface area contributed by atoms with Crippen LogP contribution < -0.4 is 22.0 Å². The molecule has 2 heterocycles. The van der Waals surface area contributed by atoms with Crippen LogP contribution >= 0.6 is 0 Å². The number of hydrogen-bond donors (Lipinski definition) is 3. The first-order chi connectivity index (χ1) is 13.4. The van der Waals surface area contributed by atoms with Crippen molar-refractivity contribution in [3.05, 3.63) is 57.1 Å². The van der Waals surface area contributed by atoms with Crippen molar-refractivity contribution in [2.75, 3.05) is 17.7 Å². The van der Waals surface area contributed by atoms with Crippen molar-refractivity contribution in [1.29, 1.82) is 0 Å². The summed E-state index contributed by atoms with van der Waals surface area (Å²) in [6, 6.07) is 5.44. The minimum atomic E-state index is -0.190. The van der Waals surface area contributed by atoms with Crippen molar-refractivity contribution in [3.63, 3.8) is 0 Å². The predicted molar refractivity (Wildman–Crippen MR) is 111 cm³/mol. The van der Waals surface area contributed by atoms with Crippen LogP contribution in [-0.2, 0) is 17.8 Å². The summed E-state index contributed by atoms with van der Waals surface area (Å²) in [6.07, 6.45) is 6.76. The maximum atomic E-state index is 12.8. The van der Waals surface area contributed by atoms with Crippen molar-refractivity contribution in [2.24, 2.45) is 5.92 Å². The summed E-state index contributed by atoms with van der Waals surface area (Å²) >= 11 is 0. The predicted octanol–water partition coefficient (Wildman–Crippen LogP) is 2.03. The van der Waals surface area contributed by atoms with Gasteiger partial charge < -0.3 is 16.5 Å². The quantitative estimate of drug-likeness (QED) is 0.679. The van der Waals surface area contributed by atoms with Crippen LogP contribution in [0.15, 0.2) is 29.2 Å². The average molecular weight is 383 g/mol. The maximum Gasteiger partial charge on any atom is 0.272 e. The lowest BCUT2D eigenvalue weighted by Crippen LogP contribution is -2.35. The van der Waals surface area contributed by atoms with E-state index in [2.05, 4.69) is 15.7 Å². The molecule has 4 N–H and O–H groups in total. The lowest BCUT2D eigenvalue weighted by atomic mass is 10.1. The summed E-state index contributed by atoms with van der Waals surface area (Å²) in [6.45, 7) is 4.86. The van der Waals surface area contributed by atoms with Crippen LogP contribution in [0.5, 0.6) is 0 Å². The molecule has 1 fully saturated rings. The molecule has 0 aromatic carbocycles. The Balaban J connectivity index is 1.62. The first-order valence-electron chi connectivity index (χ1n) is 9.87. The monoisotopic (exact) mass is 383 g/mol. The molecule has 0 bridgehead atoms. The molecule has 1 saturated carbocycles. The Labute approximate surface area is 165 Å². The summed E-state index contributed by atoms with van der Waals surface area (Å²) in [5.74, 6) is 0.889. The molecule has 0 aliphatic heterocycles. The smallest absolute Gasteiger partial charge is 0.272 e. The van der Waals surface area contributed by atoms with Gasteiger partial charge in [-0.15, -0.1) is 0 Å². The molecule has 1 aliphatic carbocycles. The SMILES string of the molecule is Cc1ccn(NCC2CCCC2)c(=O)c1CC(=O)NCc1ccc(N)nc1C. The standard InChI is InChI=1S/C21H29N5O2/c1-14-9-10-26(24-12-16-5-3-4-6-16)21(28)18(14)11-20(27)23-13-17-7-8-19(22)25-15(17)2/h7-10,16,24H,3-6,11-13H2,1-2H3,(H2,22,25)(H,23,27). The van der Waals surface area contributed by atoms with Gasteiger partial charge in [-0.2, -0.15) is 0 Å². The van der Waals surface area contributed by atoms with Gasteiger partial charge in [-0.3, -0.25) is 9.59 Å². The second kappa shape index (κ2) is 8.91. The third-order valence-corrected chi connectivity index (χ3v) is 5.48. The summed E-state index contributed by atoms with van der Waals surface area (Å²) in [5, 5.41) is 2.87. The zero-order chi connectivity index (χ0) is 20.1. The summed E-state index contributed by atoms with van der Waals surface area (Å²) in [7, 11) is 0. The molecule has 0 spiro atoms. The van der Waals surface area contributed by atoms with Crippen LogP contribution in [0.3, 0.4) is 0 Å². The van der Waals surface area contributed by atoms with Crippen LogP contribution in [0.2, 0.25) is 0 Å². The summed E-state index contributed by atoms with van der Waals surface area (Å²) in [4.78, 5) is 29.4. The molecule has 0 radical (unpaired) electrons. The lowest BCUT2D eigenvalue weighted by molar-refractivity contribution is -0.120. The fraction of sp³-hybridized carbons (Fsp3) is 0.476. The zero-order valence-electron chi connectivity index (χ0n) is 16.6. The summed E-state index contributed by atoms with van der Waals surface area (Å²) < 4.78 is 1.52. The second-order valence-corrected chi connectivity index (χ2v) is 7.60. The van der Waals surface area contributed by atoms with Gasteiger partial charge >= 0.3 is 0 Å². The van der Waals surface area contributed by atoms with E-state index in [1.165, 1.54) is 30.4 Å². The van der Waals surface area contributed by atoms with Crippen LogP contribution in [-0.4, -0.2) is 22.1 Å². The van der Waals surface area contributed by atoms with Crippen molar-refractivity contribution >= 4 is 11.7 Å². The van der Waals surface area contributed by atoms with Gasteiger partial charge in [-0.1, -0.05) is 18.9 Å². The minimum Gasteiger partial charge on any atom is -0.384 e. The number of aryl methyl sites for hydroxylation is 2. The maximum absolute atomic E-state index is 12.8. The van der Waals surface area contributed by atoms with Gasteiger partial charge in [0.1, 0.15) is 5.82 Å². The van der Waals surface area contributed by atoms with Gasteiger partial charge in [0.2, 0.25) is 5.91 Å². The topological polar surface area (TPSA) is 102 Å². The Morgan fingerprint density at radius 1 is 1.25 bits per heavy atom. The number of carbonyl (C=O) groups excluding carboxylic acids is 1. The van der Waals surface area contributed by atoms with E-state index < -0.39 is 0 Å². The van der Waals surface area contributed by atoms with Crippen molar-refractivity contribution in [2.45, 2.75) is 52.5 Å². The Hall–Kier alpha value is -2.83. The number of aromatic nitrogens is 2. The van der Waals surface area contributed by atoms with Crippen LogP contribution in [0.1, 0.15) is 48.1 Å². The highest BCUT2D eigenvalue weighted by Gasteiger charge is 2.16. The number of nitrogens with one attached hydrogen (secondary N) is 2. The zero-order valence-corrected chi connectivity index (χ0v) is 16.6. The van der Waals surface area contributed by atoms with E-state index in [1.807, 2.05) is 26.0 Å². The number of anilines is 1. The molecular weight excluding hydrogens is 354 g/mol. The largest absolute Gasteiger partial charge is 0.384 e. The normalized spacial score (nSPS) is 14.2. The van der Waals surface area contributed by atoms with Gasteiger partial charge in [-0.05, 0) is 55.9 Å². The van der Waals surface area contributed by atoms with Crippen molar-refractivity contribution in [1.82, 2.24) is 15.0 Å². The first kappa shape index (κ1) is 19.9. The van der Waals surface area contributed by atoms with Crippen molar-refractivity contribution in [3.8, 4) is 0 Å². The minimum absolute atomic E-state index is 0.0536. The number of carbonyl (C=O) groups is 1. The molecule has 7 heteroatoms. The number of rotatable bonds is 7. The van der Waals surface area contributed by atoms with E-state index >= 15 is 0 Å². The third kappa shape index (κ3) is 4.91. The number of nitrogen functional groups attached to an aromatic ring is 1. The van der Waals surface area contributed by atoms with E-state index in [1.54, 1.807) is 12.3 Å². The Bertz CT molecular complexity index is 900. The molecule has 2 aromatic rings. The number of pyridine rings is 2. The fourth-order valence-corrected chi connectivity index (χ4v) is 3.66. The molecular formula is C21H29N5O2. The number of nitrogens with two attached hydrogens (primary N) is 1. The molecule has 0 saturated heterocycles. The highest BCUT2D eigenvalue weighted by molar-refractivity contribution is 5.78. The average Bonchev–Trinajstić information content (AvgIpc) is 3.17. The van der Waals surface area contributed by atoms with Crippen LogP contribution in [0.4, 0.5) is 5.82 Å². The molecule has 3 rings (SSSR count). The molecule has 150 valence electrons. The van der Waals surface area contributed by atoms with Gasteiger partial charge in [0.15, 0.2) is 0 Å². The van der Waals surface area contributed by atoms with E-state index in [9.17, 15) is 9.59 Å². The number of nitrogens with zero attached hydrogens (tertiary/aromatic N) is 2. The van der Waals surface area contributed by atoms with Gasteiger partial charge in [0, 0.05) is 30.5 Å². The van der Waals surface area contributed by atoms with Crippen molar-refractivity contribution < 1.29 is 4.79 Å². The third-order valence-electron chi connectivity index (χ3n) is 5.48. The Morgan fingerprint density at radius 2 is 2.00 bits per heavy atom. The van der Waals surface area contributed by atoms with Gasteiger partial charge in [0.25, 0.3) is 5.56 Å². The second-order valence-electron chi connectivity index (χ2n) is 7.60. The Kier molecular flexibility index (Phi) is 6.34. The van der Waals surface area contributed by atoms with Gasteiger partial charge in [0.05, 0.1) is 6.42 Å². The first-order valence-corrected chi connectivity index (χ1v) is 9.87. The number of hydrogen-bond acceptors (Lipinski definition) is 5. The van der Waals surface area contributed by atoms with E-state index in [-0.39, 0.29) is 17.9 Å². The summed E-state index contributed by atoms with van der Waals surface area (Å²) in [5.41, 5.74) is 11.8. The number of amides is 1. The molecule has 7 nitrogen and oxygen atoms in total. The molecule has 1 aliphatic rings. The molecule has 2 aromatic heterocycles. The molecule has 1 amide bonds. The highest BCUT2D eigenvalue weighted by Crippen LogP contribution is 2.23. The highest BCUT2D eigenvalue weighted by atomic mass is 16.2. The molecule has 0 unspecified atom stereocenters. The lowest BCUT2D eigenvalue weighted by Gasteiger charge is -2.16. The van der Waals surface area contributed by atoms with E-state index in [4.69, 9.17) is 5.73 Å². The van der Waals surface area contributed by atoms with Crippen LogP contribution in [0, 0.1) is 19.8 Å². The van der Waals surface area contributed by atoms with E-state index in [0.717, 1.165) is 23.4 Å². The molecule has 28 heavy (non-hydrogen) atoms. The van der Waals surface area contributed by atoms with Gasteiger partial charge in [-0.25, -0.2) is 9.66 Å². The molecule has 0 atom stereocenters. The van der Waals surface area contributed by atoms with E-state index in [0.29, 0.717) is 23.8 Å². The van der Waals surface area contributed by atoms with Crippen LogP contribution in [0.25, 0.3) is 0 Å². The Morgan fingerprint density at radius 3 is 2.71 bits per heavy atom. The fourth-order valence-electron chi connectivity index (χ4n) is 3.66.